The minimum atomic E-state index is 0.534. The molecule has 1 aromatic carbocycles. The molecule has 1 saturated heterocycles. The van der Waals surface area contributed by atoms with E-state index in [-0.39, 0.29) is 0 Å². The van der Waals surface area contributed by atoms with E-state index in [0.717, 1.165) is 37.8 Å². The van der Waals surface area contributed by atoms with E-state index >= 15 is 0 Å². The number of piperazine rings is 1. The molecule has 3 N–H and O–H groups in total. The molecule has 0 amide bonds. The van der Waals surface area contributed by atoms with Crippen molar-refractivity contribution in [3.8, 4) is 0 Å². The number of halogens is 1. The highest BCUT2D eigenvalue weighted by Crippen LogP contribution is 2.30. The van der Waals surface area contributed by atoms with E-state index in [9.17, 15) is 0 Å². The zero-order valence-corrected chi connectivity index (χ0v) is 12.8. The van der Waals surface area contributed by atoms with Gasteiger partial charge in [0.25, 0.3) is 0 Å². The van der Waals surface area contributed by atoms with Gasteiger partial charge in [-0.05, 0) is 18.2 Å². The number of rotatable bonds is 3. The van der Waals surface area contributed by atoms with E-state index in [1.165, 1.54) is 6.21 Å². The molecule has 0 spiro atoms. The number of hydrogen-bond acceptors (Lipinski definition) is 6. The topological polar surface area (TPSA) is 82.1 Å². The van der Waals surface area contributed by atoms with Crippen molar-refractivity contribution in [2.24, 2.45) is 0 Å². The Morgan fingerprint density at radius 3 is 2.36 bits per heavy atom. The second-order valence-electron chi connectivity index (χ2n) is 5.10. The predicted octanol–water partition coefficient (Wildman–Crippen LogP) is 2.04. The van der Waals surface area contributed by atoms with E-state index in [1.54, 1.807) is 18.5 Å². The van der Waals surface area contributed by atoms with Crippen LogP contribution in [-0.2, 0) is 0 Å². The molecule has 3 rings (SSSR count). The summed E-state index contributed by atoms with van der Waals surface area (Å²) >= 11 is 6.11. The molecule has 0 radical (unpaired) electrons. The van der Waals surface area contributed by atoms with Gasteiger partial charge in [0.1, 0.15) is 0 Å². The highest BCUT2D eigenvalue weighted by molar-refractivity contribution is 6.31. The van der Waals surface area contributed by atoms with Crippen molar-refractivity contribution in [1.29, 1.82) is 5.41 Å². The van der Waals surface area contributed by atoms with Gasteiger partial charge in [0.15, 0.2) is 0 Å². The highest BCUT2D eigenvalue weighted by Gasteiger charge is 2.21. The fourth-order valence-corrected chi connectivity index (χ4v) is 2.87. The van der Waals surface area contributed by atoms with Gasteiger partial charge in [-0.15, -0.1) is 0 Å². The summed E-state index contributed by atoms with van der Waals surface area (Å²) in [5, 5.41) is 8.17. The molecule has 6 nitrogen and oxygen atoms in total. The minimum Gasteiger partial charge on any atom is -0.398 e. The number of aromatic nitrogens is 2. The van der Waals surface area contributed by atoms with Gasteiger partial charge in [-0.1, -0.05) is 11.6 Å². The van der Waals surface area contributed by atoms with Crippen LogP contribution in [0.5, 0.6) is 0 Å². The lowest BCUT2D eigenvalue weighted by Crippen LogP contribution is -2.47. The van der Waals surface area contributed by atoms with Gasteiger partial charge in [0.05, 0.1) is 0 Å². The first-order valence-corrected chi connectivity index (χ1v) is 7.43. The van der Waals surface area contributed by atoms with Crippen LogP contribution in [0.15, 0.2) is 30.6 Å². The minimum absolute atomic E-state index is 0.534. The van der Waals surface area contributed by atoms with Crippen molar-refractivity contribution in [3.63, 3.8) is 0 Å². The maximum atomic E-state index is 7.58. The number of nitrogen functional groups attached to an aromatic ring is 1. The van der Waals surface area contributed by atoms with Crippen LogP contribution in [0, 0.1) is 5.41 Å². The Hall–Kier alpha value is -2.34. The Bertz CT molecular complexity index is 667. The van der Waals surface area contributed by atoms with E-state index < -0.39 is 0 Å². The molecule has 22 heavy (non-hydrogen) atoms. The number of anilines is 3. The van der Waals surface area contributed by atoms with Gasteiger partial charge in [0.2, 0.25) is 5.95 Å². The zero-order chi connectivity index (χ0) is 15.5. The third-order valence-electron chi connectivity index (χ3n) is 3.75. The summed E-state index contributed by atoms with van der Waals surface area (Å²) < 4.78 is 0. The Morgan fingerprint density at radius 2 is 1.73 bits per heavy atom. The molecule has 1 aromatic heterocycles. The Kier molecular flexibility index (Phi) is 4.11. The first kappa shape index (κ1) is 14.6. The largest absolute Gasteiger partial charge is 0.398 e. The average Bonchev–Trinajstić information content (AvgIpc) is 2.55. The quantitative estimate of drug-likeness (QED) is 0.669. The summed E-state index contributed by atoms with van der Waals surface area (Å²) in [6.45, 7) is 3.24. The third kappa shape index (κ3) is 2.82. The van der Waals surface area contributed by atoms with Crippen molar-refractivity contribution in [3.05, 3.63) is 41.2 Å². The molecule has 2 aromatic rings. The second-order valence-corrected chi connectivity index (χ2v) is 5.53. The van der Waals surface area contributed by atoms with Crippen LogP contribution < -0.4 is 15.5 Å². The van der Waals surface area contributed by atoms with Crippen LogP contribution in [0.1, 0.15) is 5.56 Å². The van der Waals surface area contributed by atoms with E-state index in [4.69, 9.17) is 22.7 Å². The predicted molar refractivity (Wildman–Crippen MR) is 90.2 cm³/mol. The normalized spacial score (nSPS) is 15.0. The Labute approximate surface area is 134 Å². The fourth-order valence-electron chi connectivity index (χ4n) is 2.64. The molecule has 2 heterocycles. The molecular formula is C15H17ClN6. The summed E-state index contributed by atoms with van der Waals surface area (Å²) in [7, 11) is 0. The molecule has 1 aliphatic rings. The van der Waals surface area contributed by atoms with Gasteiger partial charge in [-0.25, -0.2) is 9.97 Å². The molecule has 0 bridgehead atoms. The summed E-state index contributed by atoms with van der Waals surface area (Å²) in [6.07, 6.45) is 4.78. The van der Waals surface area contributed by atoms with Crippen LogP contribution in [0.3, 0.4) is 0 Å². The highest BCUT2D eigenvalue weighted by atomic mass is 35.5. The van der Waals surface area contributed by atoms with Crippen molar-refractivity contribution < 1.29 is 0 Å². The lowest BCUT2D eigenvalue weighted by Gasteiger charge is -2.36. The summed E-state index contributed by atoms with van der Waals surface area (Å²) in [5.74, 6) is 0.750. The Morgan fingerprint density at radius 1 is 1.09 bits per heavy atom. The molecular weight excluding hydrogens is 300 g/mol. The summed E-state index contributed by atoms with van der Waals surface area (Å²) in [4.78, 5) is 12.9. The number of nitrogens with one attached hydrogen (secondary N) is 1. The fraction of sp³-hybridized carbons (Fsp3) is 0.267. The van der Waals surface area contributed by atoms with Gasteiger partial charge in [-0.3, -0.25) is 0 Å². The van der Waals surface area contributed by atoms with E-state index in [2.05, 4.69) is 19.8 Å². The van der Waals surface area contributed by atoms with Gasteiger partial charge >= 0.3 is 0 Å². The first-order chi connectivity index (χ1) is 10.7. The number of hydrogen-bond donors (Lipinski definition) is 2. The monoisotopic (exact) mass is 316 g/mol. The van der Waals surface area contributed by atoms with Crippen LogP contribution >= 0.6 is 11.6 Å². The summed E-state index contributed by atoms with van der Waals surface area (Å²) in [6, 6.07) is 5.36. The number of nitrogens with zero attached hydrogens (tertiary/aromatic N) is 4. The lowest BCUT2D eigenvalue weighted by atomic mass is 10.1. The molecule has 1 aliphatic heterocycles. The van der Waals surface area contributed by atoms with E-state index in [0.29, 0.717) is 16.3 Å². The average molecular weight is 317 g/mol. The standard InChI is InChI=1S/C15H17ClN6/c16-11-8-13(18)12(10-17)14(9-11)21-4-6-22(7-5-21)15-19-2-1-3-20-15/h1-3,8-10,17H,4-7,18H2. The SMILES string of the molecule is N=Cc1c(N)cc(Cl)cc1N1CCN(c2ncccn2)CC1. The molecule has 1 fully saturated rings. The summed E-state index contributed by atoms with van der Waals surface area (Å²) in [5.41, 5.74) is 8.13. The molecule has 0 aliphatic carbocycles. The molecule has 7 heteroatoms. The van der Waals surface area contributed by atoms with Gasteiger partial charge < -0.3 is 20.9 Å². The zero-order valence-electron chi connectivity index (χ0n) is 12.0. The maximum absolute atomic E-state index is 7.58. The van der Waals surface area contributed by atoms with Crippen molar-refractivity contribution in [2.75, 3.05) is 41.7 Å². The smallest absolute Gasteiger partial charge is 0.225 e. The van der Waals surface area contributed by atoms with Crippen LogP contribution in [0.2, 0.25) is 5.02 Å². The van der Waals surface area contributed by atoms with Gasteiger partial charge in [0, 0.05) is 66.7 Å². The maximum Gasteiger partial charge on any atom is 0.225 e. The molecule has 0 atom stereocenters. The van der Waals surface area contributed by atoms with Crippen molar-refractivity contribution in [1.82, 2.24) is 9.97 Å². The lowest BCUT2D eigenvalue weighted by molar-refractivity contribution is 0.640. The van der Waals surface area contributed by atoms with Crippen molar-refractivity contribution in [2.45, 2.75) is 0 Å². The molecule has 114 valence electrons. The van der Waals surface area contributed by atoms with Gasteiger partial charge in [-0.2, -0.15) is 0 Å². The molecule has 0 unspecified atom stereocenters. The van der Waals surface area contributed by atoms with E-state index in [1.807, 2.05) is 12.1 Å². The Balaban J connectivity index is 1.78. The third-order valence-corrected chi connectivity index (χ3v) is 3.97. The number of benzene rings is 1. The first-order valence-electron chi connectivity index (χ1n) is 7.05. The number of nitrogens with two attached hydrogens (primary N) is 1. The van der Waals surface area contributed by atoms with Crippen LogP contribution in [0.25, 0.3) is 0 Å². The van der Waals surface area contributed by atoms with Crippen LogP contribution in [-0.4, -0.2) is 42.4 Å². The van der Waals surface area contributed by atoms with Crippen LogP contribution in [0.4, 0.5) is 17.3 Å². The molecule has 0 saturated carbocycles. The second kappa shape index (κ2) is 6.19. The van der Waals surface area contributed by atoms with Crippen molar-refractivity contribution >= 4 is 35.1 Å².